The molecule has 0 aliphatic rings. The monoisotopic (exact) mass is 420 g/mol. The minimum Gasteiger partial charge on any atom is -0.465 e. The lowest BCUT2D eigenvalue weighted by Gasteiger charge is -2.14. The number of carbonyl (C=O) groups excluding carboxylic acids is 2. The normalized spacial score (nSPS) is 10.5. The molecule has 2 aromatic carbocycles. The predicted molar refractivity (Wildman–Crippen MR) is 119 cm³/mol. The Balaban J connectivity index is 1.69. The highest BCUT2D eigenvalue weighted by molar-refractivity contribution is 5.91. The molecule has 31 heavy (non-hydrogen) atoms. The van der Waals surface area contributed by atoms with Crippen LogP contribution in [-0.4, -0.2) is 30.3 Å². The van der Waals surface area contributed by atoms with Gasteiger partial charge in [0.05, 0.1) is 12.7 Å². The van der Waals surface area contributed by atoms with Gasteiger partial charge in [-0.1, -0.05) is 67.6 Å². The molecule has 0 saturated carbocycles. The lowest BCUT2D eigenvalue weighted by atomic mass is 10.1. The Morgan fingerprint density at radius 3 is 2.23 bits per heavy atom. The second-order valence-electron chi connectivity index (χ2n) is 7.15. The van der Waals surface area contributed by atoms with Crippen LogP contribution in [0.15, 0.2) is 66.7 Å². The minimum atomic E-state index is -0.486. The van der Waals surface area contributed by atoms with Crippen LogP contribution >= 0.6 is 0 Å². The van der Waals surface area contributed by atoms with Crippen molar-refractivity contribution in [2.24, 2.45) is 0 Å². The summed E-state index contributed by atoms with van der Waals surface area (Å²) in [7, 11) is 1.38. The number of esters is 1. The number of methoxy groups -OCH3 is 1. The highest BCUT2D eigenvalue weighted by Gasteiger charge is 2.20. The molecule has 3 rings (SSSR count). The summed E-state index contributed by atoms with van der Waals surface area (Å²) < 4.78 is 12.4. The Morgan fingerprint density at radius 2 is 1.61 bits per heavy atom. The molecule has 0 spiro atoms. The minimum absolute atomic E-state index is 0.213. The highest BCUT2D eigenvalue weighted by atomic mass is 16.5. The van der Waals surface area contributed by atoms with Crippen molar-refractivity contribution in [3.63, 3.8) is 0 Å². The van der Waals surface area contributed by atoms with Crippen LogP contribution in [0.25, 0.3) is 0 Å². The Morgan fingerprint density at radius 1 is 0.968 bits per heavy atom. The van der Waals surface area contributed by atoms with E-state index < -0.39 is 6.09 Å². The molecule has 0 bridgehead atoms. The number of aromatic nitrogens is 1. The van der Waals surface area contributed by atoms with Gasteiger partial charge in [0.1, 0.15) is 6.61 Å². The standard InChI is InChI=1S/C25H28N2O4/c1-3-21-16-22(24(28)30-2)23(27(21)17-19-10-6-4-7-11-19)14-15-26-25(29)31-18-20-12-8-5-9-13-20/h4-13,16H,3,14-15,17-18H2,1-2H3,(H,26,29). The van der Waals surface area contributed by atoms with Gasteiger partial charge in [-0.2, -0.15) is 0 Å². The molecule has 6 heteroatoms. The van der Waals surface area contributed by atoms with Crippen LogP contribution < -0.4 is 5.32 Å². The zero-order valence-corrected chi connectivity index (χ0v) is 18.0. The van der Waals surface area contributed by atoms with E-state index in [1.165, 1.54) is 7.11 Å². The van der Waals surface area contributed by atoms with Crippen molar-refractivity contribution < 1.29 is 19.1 Å². The number of nitrogens with one attached hydrogen (secondary N) is 1. The van der Waals surface area contributed by atoms with Crippen LogP contribution in [0.3, 0.4) is 0 Å². The number of nitrogens with zero attached hydrogens (tertiary/aromatic N) is 1. The average molecular weight is 421 g/mol. The van der Waals surface area contributed by atoms with Crippen molar-refractivity contribution in [1.82, 2.24) is 9.88 Å². The Kier molecular flexibility index (Phi) is 7.87. The first kappa shape index (κ1) is 22.2. The van der Waals surface area contributed by atoms with Gasteiger partial charge in [-0.3, -0.25) is 0 Å². The Hall–Kier alpha value is -3.54. The molecule has 1 aromatic heterocycles. The van der Waals surface area contributed by atoms with Crippen LogP contribution in [0.2, 0.25) is 0 Å². The first-order chi connectivity index (χ1) is 15.1. The predicted octanol–water partition coefficient (Wildman–Crippen LogP) is 4.35. The highest BCUT2D eigenvalue weighted by Crippen LogP contribution is 2.21. The van der Waals surface area contributed by atoms with Gasteiger partial charge >= 0.3 is 12.1 Å². The Labute approximate surface area is 182 Å². The molecule has 0 unspecified atom stereocenters. The maximum Gasteiger partial charge on any atom is 0.407 e. The fraction of sp³-hybridized carbons (Fsp3) is 0.280. The summed E-state index contributed by atoms with van der Waals surface area (Å²) in [5.74, 6) is -0.372. The molecule has 0 radical (unpaired) electrons. The van der Waals surface area contributed by atoms with E-state index in [0.29, 0.717) is 25.1 Å². The molecular weight excluding hydrogens is 392 g/mol. The van der Waals surface area contributed by atoms with E-state index in [2.05, 4.69) is 28.9 Å². The van der Waals surface area contributed by atoms with E-state index in [4.69, 9.17) is 9.47 Å². The fourth-order valence-corrected chi connectivity index (χ4v) is 3.52. The third-order valence-corrected chi connectivity index (χ3v) is 5.09. The topological polar surface area (TPSA) is 69.6 Å². The number of aryl methyl sites for hydroxylation is 1. The third-order valence-electron chi connectivity index (χ3n) is 5.09. The van der Waals surface area contributed by atoms with E-state index in [9.17, 15) is 9.59 Å². The van der Waals surface area contributed by atoms with Gasteiger partial charge in [0, 0.05) is 30.9 Å². The molecule has 3 aromatic rings. The van der Waals surface area contributed by atoms with Crippen molar-refractivity contribution in [3.05, 3.63) is 94.8 Å². The number of hydrogen-bond acceptors (Lipinski definition) is 4. The number of ether oxygens (including phenoxy) is 2. The SMILES string of the molecule is CCc1cc(C(=O)OC)c(CCNC(=O)OCc2ccccc2)n1Cc1ccccc1. The molecule has 1 amide bonds. The molecular formula is C25H28N2O4. The Bertz CT molecular complexity index is 997. The molecule has 0 atom stereocenters. The van der Waals surface area contributed by atoms with Gasteiger partial charge in [0.15, 0.2) is 0 Å². The fourth-order valence-electron chi connectivity index (χ4n) is 3.52. The van der Waals surface area contributed by atoms with Gasteiger partial charge in [-0.05, 0) is 23.6 Å². The number of carbonyl (C=O) groups is 2. The first-order valence-corrected chi connectivity index (χ1v) is 10.4. The average Bonchev–Trinajstić information content (AvgIpc) is 3.15. The zero-order chi connectivity index (χ0) is 22.1. The number of rotatable bonds is 9. The van der Waals surface area contributed by atoms with Crippen molar-refractivity contribution in [1.29, 1.82) is 0 Å². The quantitative estimate of drug-likeness (QED) is 0.523. The summed E-state index contributed by atoms with van der Waals surface area (Å²) in [5.41, 5.74) is 4.49. The smallest absolute Gasteiger partial charge is 0.407 e. The largest absolute Gasteiger partial charge is 0.465 e. The molecule has 0 fully saturated rings. The van der Waals surface area contributed by atoms with E-state index in [1.54, 1.807) is 0 Å². The van der Waals surface area contributed by atoms with Crippen molar-refractivity contribution >= 4 is 12.1 Å². The summed E-state index contributed by atoms with van der Waals surface area (Å²) in [4.78, 5) is 24.5. The second-order valence-corrected chi connectivity index (χ2v) is 7.15. The molecule has 0 aliphatic carbocycles. The van der Waals surface area contributed by atoms with Gasteiger partial charge in [0.25, 0.3) is 0 Å². The molecule has 1 heterocycles. The van der Waals surface area contributed by atoms with E-state index in [0.717, 1.165) is 28.9 Å². The second kappa shape index (κ2) is 11.0. The summed E-state index contributed by atoms with van der Waals surface area (Å²) in [6, 6.07) is 21.5. The molecule has 0 aliphatic heterocycles. The number of amides is 1. The number of alkyl carbamates (subject to hydrolysis) is 1. The van der Waals surface area contributed by atoms with Crippen LogP contribution in [0.4, 0.5) is 4.79 Å². The summed E-state index contributed by atoms with van der Waals surface area (Å²) in [6.07, 6.45) is 0.779. The van der Waals surface area contributed by atoms with Crippen LogP contribution in [-0.2, 0) is 35.5 Å². The van der Waals surface area contributed by atoms with Gasteiger partial charge in [0.2, 0.25) is 0 Å². The lowest BCUT2D eigenvalue weighted by Crippen LogP contribution is -2.27. The lowest BCUT2D eigenvalue weighted by molar-refractivity contribution is 0.0599. The van der Waals surface area contributed by atoms with Crippen LogP contribution in [0.5, 0.6) is 0 Å². The third kappa shape index (κ3) is 5.98. The summed E-state index contributed by atoms with van der Waals surface area (Å²) >= 11 is 0. The van der Waals surface area contributed by atoms with Crippen LogP contribution in [0.1, 0.15) is 39.8 Å². The van der Waals surface area contributed by atoms with Crippen molar-refractivity contribution in [2.75, 3.05) is 13.7 Å². The molecule has 0 saturated heterocycles. The number of benzene rings is 2. The molecule has 6 nitrogen and oxygen atoms in total. The maximum atomic E-state index is 12.4. The van der Waals surface area contributed by atoms with Gasteiger partial charge in [-0.25, -0.2) is 9.59 Å². The van der Waals surface area contributed by atoms with Gasteiger partial charge in [-0.15, -0.1) is 0 Å². The first-order valence-electron chi connectivity index (χ1n) is 10.4. The van der Waals surface area contributed by atoms with E-state index >= 15 is 0 Å². The van der Waals surface area contributed by atoms with E-state index in [1.807, 2.05) is 54.6 Å². The van der Waals surface area contributed by atoms with Crippen LogP contribution in [0, 0.1) is 0 Å². The summed E-state index contributed by atoms with van der Waals surface area (Å²) in [6.45, 7) is 3.26. The summed E-state index contributed by atoms with van der Waals surface area (Å²) in [5, 5.41) is 2.78. The van der Waals surface area contributed by atoms with Gasteiger partial charge < -0.3 is 19.4 Å². The zero-order valence-electron chi connectivity index (χ0n) is 18.0. The maximum absolute atomic E-state index is 12.4. The molecule has 1 N–H and O–H groups in total. The van der Waals surface area contributed by atoms with Crippen molar-refractivity contribution in [3.8, 4) is 0 Å². The van der Waals surface area contributed by atoms with E-state index in [-0.39, 0.29) is 12.6 Å². The number of hydrogen-bond donors (Lipinski definition) is 1. The van der Waals surface area contributed by atoms with Crippen molar-refractivity contribution in [2.45, 2.75) is 32.9 Å². The molecule has 162 valence electrons.